The number of carbonyl (C=O) groups is 1. The third kappa shape index (κ3) is 3.09. The number of amides is 1. The Balaban J connectivity index is 1.92. The molecule has 2 heterocycles. The first kappa shape index (κ1) is 15.6. The van der Waals surface area contributed by atoms with Gasteiger partial charge < -0.3 is 9.73 Å². The van der Waals surface area contributed by atoms with E-state index in [9.17, 15) is 9.59 Å². The fraction of sp³-hybridized carbons (Fsp3) is 0.133. The summed E-state index contributed by atoms with van der Waals surface area (Å²) in [6.07, 6.45) is 1.52. The van der Waals surface area contributed by atoms with Crippen LogP contribution in [-0.2, 0) is 4.79 Å². The van der Waals surface area contributed by atoms with Crippen molar-refractivity contribution < 1.29 is 9.21 Å². The van der Waals surface area contributed by atoms with E-state index >= 15 is 0 Å². The summed E-state index contributed by atoms with van der Waals surface area (Å²) in [6.45, 7) is 1.58. The minimum atomic E-state index is -0.823. The molecule has 0 bridgehead atoms. The van der Waals surface area contributed by atoms with E-state index < -0.39 is 17.7 Å². The second-order valence-corrected chi connectivity index (χ2v) is 5.76. The summed E-state index contributed by atoms with van der Waals surface area (Å²) >= 11 is 11.8. The van der Waals surface area contributed by atoms with Gasteiger partial charge in [0.05, 0.1) is 0 Å². The van der Waals surface area contributed by atoms with Gasteiger partial charge in [-0.05, 0) is 37.3 Å². The van der Waals surface area contributed by atoms with Crippen LogP contribution in [-0.4, -0.2) is 15.5 Å². The van der Waals surface area contributed by atoms with E-state index in [2.05, 4.69) is 10.3 Å². The largest absolute Gasteiger partial charge is 0.421 e. The lowest BCUT2D eigenvalue weighted by molar-refractivity contribution is -0.118. The van der Waals surface area contributed by atoms with Gasteiger partial charge in [0, 0.05) is 21.9 Å². The zero-order chi connectivity index (χ0) is 16.6. The predicted molar refractivity (Wildman–Crippen MR) is 88.1 cm³/mol. The van der Waals surface area contributed by atoms with Gasteiger partial charge in [-0.15, -0.1) is 0 Å². The minimum absolute atomic E-state index is 0.310. The van der Waals surface area contributed by atoms with Crippen molar-refractivity contribution in [3.8, 4) is 0 Å². The molecule has 23 heavy (non-hydrogen) atoms. The van der Waals surface area contributed by atoms with Crippen molar-refractivity contribution in [1.29, 1.82) is 0 Å². The van der Waals surface area contributed by atoms with Gasteiger partial charge in [0.15, 0.2) is 11.2 Å². The number of carbonyl (C=O) groups excluding carboxylic acids is 1. The molecule has 6 nitrogen and oxygen atoms in total. The van der Waals surface area contributed by atoms with Crippen LogP contribution in [0, 0.1) is 0 Å². The molecule has 1 N–H and O–H groups in total. The van der Waals surface area contributed by atoms with E-state index in [4.69, 9.17) is 27.6 Å². The average molecular weight is 352 g/mol. The number of nitrogens with one attached hydrogen (secondary N) is 1. The van der Waals surface area contributed by atoms with E-state index in [0.717, 1.165) is 0 Å². The molecule has 1 atom stereocenters. The molecule has 0 fully saturated rings. The summed E-state index contributed by atoms with van der Waals surface area (Å²) in [7, 11) is 0. The van der Waals surface area contributed by atoms with Crippen molar-refractivity contribution in [2.24, 2.45) is 0 Å². The SMILES string of the molecule is CC(C(=O)Nc1cc(Cl)cc(Cl)c1)n1c(=O)oc2cccnc21. The number of benzene rings is 1. The van der Waals surface area contributed by atoms with Gasteiger partial charge >= 0.3 is 5.76 Å². The molecule has 3 rings (SSSR count). The van der Waals surface area contributed by atoms with Crippen LogP contribution < -0.4 is 11.1 Å². The smallest absolute Gasteiger partial charge is 0.406 e. The number of fused-ring (bicyclic) bond motifs is 1. The van der Waals surface area contributed by atoms with Gasteiger partial charge in [-0.1, -0.05) is 23.2 Å². The Bertz CT molecular complexity index is 928. The van der Waals surface area contributed by atoms with E-state index in [1.54, 1.807) is 37.3 Å². The molecule has 1 aromatic carbocycles. The number of halogens is 2. The Hall–Kier alpha value is -2.31. The summed E-state index contributed by atoms with van der Waals surface area (Å²) in [4.78, 5) is 28.5. The highest BCUT2D eigenvalue weighted by Crippen LogP contribution is 2.23. The number of oxazole rings is 1. The highest BCUT2D eigenvalue weighted by atomic mass is 35.5. The molecule has 3 aromatic rings. The lowest BCUT2D eigenvalue weighted by atomic mass is 10.2. The Labute approximate surface area is 140 Å². The van der Waals surface area contributed by atoms with Crippen molar-refractivity contribution >= 4 is 46.0 Å². The number of hydrogen-bond donors (Lipinski definition) is 1. The van der Waals surface area contributed by atoms with Crippen molar-refractivity contribution in [3.05, 3.63) is 57.1 Å². The van der Waals surface area contributed by atoms with Crippen molar-refractivity contribution in [3.63, 3.8) is 0 Å². The molecule has 1 unspecified atom stereocenters. The molecule has 2 aromatic heterocycles. The number of anilines is 1. The Morgan fingerprint density at radius 1 is 1.30 bits per heavy atom. The number of aromatic nitrogens is 2. The van der Waals surface area contributed by atoms with Crippen LogP contribution in [0.4, 0.5) is 5.69 Å². The zero-order valence-electron chi connectivity index (χ0n) is 11.9. The van der Waals surface area contributed by atoms with Crippen LogP contribution in [0.25, 0.3) is 11.2 Å². The standard InChI is InChI=1S/C15H11Cl2N3O3/c1-8(14(21)19-11-6-9(16)5-10(17)7-11)20-13-12(23-15(20)22)3-2-4-18-13/h2-8H,1H3,(H,19,21). The summed E-state index contributed by atoms with van der Waals surface area (Å²) in [5, 5.41) is 3.46. The predicted octanol–water partition coefficient (Wildman–Crippen LogP) is 3.50. The lowest BCUT2D eigenvalue weighted by Crippen LogP contribution is -2.29. The lowest BCUT2D eigenvalue weighted by Gasteiger charge is -2.13. The van der Waals surface area contributed by atoms with E-state index in [1.165, 1.54) is 10.8 Å². The molecule has 0 aliphatic carbocycles. The molecule has 118 valence electrons. The molecule has 0 saturated carbocycles. The Kier molecular flexibility index (Phi) is 4.11. The molecule has 0 aliphatic rings. The normalized spacial score (nSPS) is 12.3. The summed E-state index contributed by atoms with van der Waals surface area (Å²) in [5.41, 5.74) is 1.07. The van der Waals surface area contributed by atoms with Crippen LogP contribution in [0.5, 0.6) is 0 Å². The molecule has 0 radical (unpaired) electrons. The third-order valence-corrected chi connectivity index (χ3v) is 3.71. The quantitative estimate of drug-likeness (QED) is 0.783. The fourth-order valence-electron chi connectivity index (χ4n) is 2.20. The van der Waals surface area contributed by atoms with Crippen LogP contribution in [0.3, 0.4) is 0 Å². The number of rotatable bonds is 3. The Morgan fingerprint density at radius 2 is 2.00 bits per heavy atom. The summed E-state index contributed by atoms with van der Waals surface area (Å²) < 4.78 is 6.27. The highest BCUT2D eigenvalue weighted by molar-refractivity contribution is 6.35. The van der Waals surface area contributed by atoms with Gasteiger partial charge in [0.1, 0.15) is 6.04 Å². The second-order valence-electron chi connectivity index (χ2n) is 4.89. The molecular formula is C15H11Cl2N3O3. The van der Waals surface area contributed by atoms with Crippen molar-refractivity contribution in [1.82, 2.24) is 9.55 Å². The third-order valence-electron chi connectivity index (χ3n) is 3.27. The van der Waals surface area contributed by atoms with Gasteiger partial charge in [-0.2, -0.15) is 0 Å². The van der Waals surface area contributed by atoms with Crippen LogP contribution in [0.15, 0.2) is 45.7 Å². The maximum Gasteiger partial charge on any atom is 0.421 e. The maximum absolute atomic E-state index is 12.4. The van der Waals surface area contributed by atoms with E-state index in [1.807, 2.05) is 0 Å². The van der Waals surface area contributed by atoms with Gasteiger partial charge in [-0.3, -0.25) is 4.79 Å². The first-order chi connectivity index (χ1) is 11.0. The highest BCUT2D eigenvalue weighted by Gasteiger charge is 2.22. The number of nitrogens with zero attached hydrogens (tertiary/aromatic N) is 2. The molecule has 1 amide bonds. The zero-order valence-corrected chi connectivity index (χ0v) is 13.4. The molecule has 0 aliphatic heterocycles. The van der Waals surface area contributed by atoms with E-state index in [-0.39, 0.29) is 0 Å². The minimum Gasteiger partial charge on any atom is -0.406 e. The second kappa shape index (κ2) is 6.06. The summed E-state index contributed by atoms with van der Waals surface area (Å²) in [5.74, 6) is -1.07. The van der Waals surface area contributed by atoms with Crippen molar-refractivity contribution in [2.45, 2.75) is 13.0 Å². The Morgan fingerprint density at radius 3 is 2.70 bits per heavy atom. The van der Waals surface area contributed by atoms with Crippen molar-refractivity contribution in [2.75, 3.05) is 5.32 Å². The van der Waals surface area contributed by atoms with Gasteiger partial charge in [0.2, 0.25) is 5.91 Å². The average Bonchev–Trinajstić information content (AvgIpc) is 2.81. The van der Waals surface area contributed by atoms with E-state index in [0.29, 0.717) is 27.0 Å². The molecule has 0 saturated heterocycles. The van der Waals surface area contributed by atoms with Crippen LogP contribution >= 0.6 is 23.2 Å². The number of pyridine rings is 1. The van der Waals surface area contributed by atoms with Gasteiger partial charge in [-0.25, -0.2) is 14.3 Å². The molecular weight excluding hydrogens is 341 g/mol. The topological polar surface area (TPSA) is 77.1 Å². The molecule has 0 spiro atoms. The monoisotopic (exact) mass is 351 g/mol. The van der Waals surface area contributed by atoms with Crippen LogP contribution in [0.2, 0.25) is 10.0 Å². The molecule has 8 heteroatoms. The first-order valence-corrected chi connectivity index (χ1v) is 7.44. The fourth-order valence-corrected chi connectivity index (χ4v) is 2.73. The van der Waals surface area contributed by atoms with Crippen LogP contribution in [0.1, 0.15) is 13.0 Å². The maximum atomic E-state index is 12.4. The summed E-state index contributed by atoms with van der Waals surface area (Å²) in [6, 6.07) is 7.12. The van der Waals surface area contributed by atoms with Gasteiger partial charge in [0.25, 0.3) is 0 Å². The first-order valence-electron chi connectivity index (χ1n) is 6.69. The number of hydrogen-bond acceptors (Lipinski definition) is 4.